The standard InChI is InChI=1S/C8H10N6/c1-14-4-5(3-11-14)8-12-6(9)2-7(10)13-8/h2-4H,1H3,(H4,9,10,12,13). The predicted octanol–water partition coefficient (Wildman–Crippen LogP) is 0.0415. The minimum Gasteiger partial charge on any atom is -0.384 e. The molecule has 72 valence electrons. The van der Waals surface area contributed by atoms with E-state index in [9.17, 15) is 0 Å². The first-order valence-corrected chi connectivity index (χ1v) is 4.04. The van der Waals surface area contributed by atoms with E-state index in [0.29, 0.717) is 17.5 Å². The topological polar surface area (TPSA) is 95.6 Å². The monoisotopic (exact) mass is 190 g/mol. The Balaban J connectivity index is 2.51. The average molecular weight is 190 g/mol. The fourth-order valence-corrected chi connectivity index (χ4v) is 1.15. The molecule has 0 atom stereocenters. The zero-order valence-corrected chi connectivity index (χ0v) is 7.68. The van der Waals surface area contributed by atoms with Crippen molar-refractivity contribution in [3.05, 3.63) is 18.5 Å². The van der Waals surface area contributed by atoms with E-state index in [0.717, 1.165) is 5.56 Å². The van der Waals surface area contributed by atoms with E-state index in [2.05, 4.69) is 15.1 Å². The Labute approximate surface area is 80.6 Å². The highest BCUT2D eigenvalue weighted by atomic mass is 15.2. The lowest BCUT2D eigenvalue weighted by molar-refractivity contribution is 0.768. The van der Waals surface area contributed by atoms with Gasteiger partial charge in [-0.15, -0.1) is 0 Å². The molecule has 0 unspecified atom stereocenters. The van der Waals surface area contributed by atoms with Crippen molar-refractivity contribution >= 4 is 11.6 Å². The van der Waals surface area contributed by atoms with Gasteiger partial charge in [0.1, 0.15) is 11.6 Å². The minimum atomic E-state index is 0.358. The number of anilines is 2. The molecule has 6 heteroatoms. The van der Waals surface area contributed by atoms with Crippen molar-refractivity contribution in [1.29, 1.82) is 0 Å². The normalized spacial score (nSPS) is 10.4. The number of nitrogens with two attached hydrogens (primary N) is 2. The third kappa shape index (κ3) is 1.49. The molecular formula is C8H10N6. The largest absolute Gasteiger partial charge is 0.384 e. The fourth-order valence-electron chi connectivity index (χ4n) is 1.15. The van der Waals surface area contributed by atoms with Crippen LogP contribution in [-0.4, -0.2) is 19.7 Å². The Hall–Kier alpha value is -2.11. The Kier molecular flexibility index (Phi) is 1.81. The molecule has 0 aliphatic rings. The van der Waals surface area contributed by atoms with Gasteiger partial charge >= 0.3 is 0 Å². The molecule has 2 rings (SSSR count). The maximum atomic E-state index is 5.55. The Morgan fingerprint density at radius 2 is 1.86 bits per heavy atom. The van der Waals surface area contributed by atoms with Gasteiger partial charge in [0.25, 0.3) is 0 Å². The SMILES string of the molecule is Cn1cc(-c2nc(N)cc(N)n2)cn1. The molecular weight excluding hydrogens is 180 g/mol. The van der Waals surface area contributed by atoms with E-state index >= 15 is 0 Å². The molecule has 0 saturated heterocycles. The number of rotatable bonds is 1. The van der Waals surface area contributed by atoms with Crippen LogP contribution in [0.3, 0.4) is 0 Å². The summed E-state index contributed by atoms with van der Waals surface area (Å²) in [7, 11) is 1.82. The zero-order chi connectivity index (χ0) is 10.1. The lowest BCUT2D eigenvalue weighted by Crippen LogP contribution is -1.99. The second-order valence-electron chi connectivity index (χ2n) is 2.94. The van der Waals surface area contributed by atoms with Gasteiger partial charge in [0.15, 0.2) is 5.82 Å². The van der Waals surface area contributed by atoms with Gasteiger partial charge in [-0.05, 0) is 0 Å². The molecule has 0 saturated carbocycles. The summed E-state index contributed by atoms with van der Waals surface area (Å²) < 4.78 is 1.66. The Morgan fingerprint density at radius 3 is 2.36 bits per heavy atom. The molecule has 14 heavy (non-hydrogen) atoms. The maximum Gasteiger partial charge on any atom is 0.166 e. The van der Waals surface area contributed by atoms with E-state index in [1.165, 1.54) is 6.07 Å². The first kappa shape index (κ1) is 8.49. The highest BCUT2D eigenvalue weighted by Gasteiger charge is 2.05. The van der Waals surface area contributed by atoms with Gasteiger partial charge in [0.2, 0.25) is 0 Å². The zero-order valence-electron chi connectivity index (χ0n) is 7.68. The van der Waals surface area contributed by atoms with Crippen LogP contribution in [0.4, 0.5) is 11.6 Å². The number of aryl methyl sites for hydroxylation is 1. The predicted molar refractivity (Wildman–Crippen MR) is 53.1 cm³/mol. The minimum absolute atomic E-state index is 0.358. The first-order valence-electron chi connectivity index (χ1n) is 4.04. The van der Waals surface area contributed by atoms with Gasteiger partial charge in [-0.1, -0.05) is 0 Å². The molecule has 0 spiro atoms. The van der Waals surface area contributed by atoms with Crippen LogP contribution in [0.25, 0.3) is 11.4 Å². The van der Waals surface area contributed by atoms with Crippen LogP contribution in [-0.2, 0) is 7.05 Å². The quantitative estimate of drug-likeness (QED) is 0.662. The first-order chi connectivity index (χ1) is 6.65. The number of nitrogens with zero attached hydrogens (tertiary/aromatic N) is 4. The van der Waals surface area contributed by atoms with E-state index in [-0.39, 0.29) is 0 Å². The molecule has 0 aromatic carbocycles. The smallest absolute Gasteiger partial charge is 0.166 e. The summed E-state index contributed by atoms with van der Waals surface area (Å²) in [6.45, 7) is 0. The average Bonchev–Trinajstić information content (AvgIpc) is 2.50. The van der Waals surface area contributed by atoms with Crippen molar-refractivity contribution in [1.82, 2.24) is 19.7 Å². The number of hydrogen-bond donors (Lipinski definition) is 2. The van der Waals surface area contributed by atoms with E-state index < -0.39 is 0 Å². The number of hydrogen-bond acceptors (Lipinski definition) is 5. The van der Waals surface area contributed by atoms with Crippen molar-refractivity contribution in [3.8, 4) is 11.4 Å². The molecule has 2 aromatic heterocycles. The maximum absolute atomic E-state index is 5.55. The Morgan fingerprint density at radius 1 is 1.21 bits per heavy atom. The van der Waals surface area contributed by atoms with Crippen molar-refractivity contribution in [2.45, 2.75) is 0 Å². The van der Waals surface area contributed by atoms with Gasteiger partial charge in [0, 0.05) is 19.3 Å². The molecule has 0 amide bonds. The Bertz CT molecular complexity index is 440. The van der Waals surface area contributed by atoms with Gasteiger partial charge in [0.05, 0.1) is 11.8 Å². The van der Waals surface area contributed by atoms with Crippen molar-refractivity contribution in [2.24, 2.45) is 7.05 Å². The number of aromatic nitrogens is 4. The highest BCUT2D eigenvalue weighted by molar-refractivity contribution is 5.57. The van der Waals surface area contributed by atoms with E-state index in [1.54, 1.807) is 17.1 Å². The fraction of sp³-hybridized carbons (Fsp3) is 0.125. The van der Waals surface area contributed by atoms with E-state index in [1.807, 2.05) is 7.05 Å². The molecule has 2 aromatic rings. The molecule has 6 nitrogen and oxygen atoms in total. The van der Waals surface area contributed by atoms with Crippen molar-refractivity contribution in [3.63, 3.8) is 0 Å². The summed E-state index contributed by atoms with van der Waals surface area (Å²) in [6, 6.07) is 1.51. The van der Waals surface area contributed by atoms with Crippen LogP contribution in [0.1, 0.15) is 0 Å². The molecule has 0 radical (unpaired) electrons. The summed E-state index contributed by atoms with van der Waals surface area (Å²) >= 11 is 0. The summed E-state index contributed by atoms with van der Waals surface area (Å²) in [5, 5.41) is 4.01. The molecule has 0 aliphatic carbocycles. The lowest BCUT2D eigenvalue weighted by atomic mass is 10.3. The third-order valence-electron chi connectivity index (χ3n) is 1.73. The summed E-state index contributed by atoms with van der Waals surface area (Å²) in [5.41, 5.74) is 11.9. The molecule has 2 heterocycles. The molecule has 4 N–H and O–H groups in total. The molecule has 0 bridgehead atoms. The number of nitrogen functional groups attached to an aromatic ring is 2. The third-order valence-corrected chi connectivity index (χ3v) is 1.73. The van der Waals surface area contributed by atoms with Gasteiger partial charge in [-0.3, -0.25) is 4.68 Å². The summed E-state index contributed by atoms with van der Waals surface area (Å²) in [5.74, 6) is 1.21. The molecule has 0 fully saturated rings. The van der Waals surface area contributed by atoms with Gasteiger partial charge in [-0.25, -0.2) is 9.97 Å². The van der Waals surface area contributed by atoms with E-state index in [4.69, 9.17) is 11.5 Å². The molecule has 0 aliphatic heterocycles. The van der Waals surface area contributed by atoms with Crippen LogP contribution >= 0.6 is 0 Å². The second-order valence-corrected chi connectivity index (χ2v) is 2.94. The summed E-state index contributed by atoms with van der Waals surface area (Å²) in [4.78, 5) is 8.10. The van der Waals surface area contributed by atoms with Gasteiger partial charge < -0.3 is 11.5 Å². The van der Waals surface area contributed by atoms with Crippen LogP contribution in [0, 0.1) is 0 Å². The summed E-state index contributed by atoms with van der Waals surface area (Å²) in [6.07, 6.45) is 3.46. The van der Waals surface area contributed by atoms with Crippen molar-refractivity contribution < 1.29 is 0 Å². The van der Waals surface area contributed by atoms with Crippen LogP contribution in [0.15, 0.2) is 18.5 Å². The van der Waals surface area contributed by atoms with Crippen LogP contribution in [0.2, 0.25) is 0 Å². The van der Waals surface area contributed by atoms with Crippen LogP contribution < -0.4 is 11.5 Å². The van der Waals surface area contributed by atoms with Gasteiger partial charge in [-0.2, -0.15) is 5.10 Å². The lowest BCUT2D eigenvalue weighted by Gasteiger charge is -1.99. The van der Waals surface area contributed by atoms with Crippen molar-refractivity contribution in [2.75, 3.05) is 11.5 Å². The van der Waals surface area contributed by atoms with Crippen LogP contribution in [0.5, 0.6) is 0 Å². The highest BCUT2D eigenvalue weighted by Crippen LogP contribution is 2.16. The second kappa shape index (κ2) is 2.99.